The standard InChI is InChI=1S/C12H24N2O3.ClH/c1-6-7-12(4,11(16)17-5)14-10(15)8(2)9(3)13;/h8-9H,6-7,13H2,1-5H3,(H,14,15);1H. The van der Waals surface area contributed by atoms with Crippen LogP contribution in [0.1, 0.15) is 40.5 Å². The number of hydrogen-bond donors (Lipinski definition) is 2. The number of hydrogen-bond acceptors (Lipinski definition) is 4. The van der Waals surface area contributed by atoms with E-state index in [1.807, 2.05) is 6.92 Å². The Labute approximate surface area is 115 Å². The summed E-state index contributed by atoms with van der Waals surface area (Å²) in [5, 5.41) is 2.73. The van der Waals surface area contributed by atoms with Gasteiger partial charge >= 0.3 is 5.97 Å². The molecule has 18 heavy (non-hydrogen) atoms. The molecule has 0 aliphatic heterocycles. The zero-order valence-electron chi connectivity index (χ0n) is 11.8. The van der Waals surface area contributed by atoms with Gasteiger partial charge in [-0.3, -0.25) is 4.79 Å². The van der Waals surface area contributed by atoms with Crippen LogP contribution in [0.5, 0.6) is 0 Å². The average molecular weight is 281 g/mol. The van der Waals surface area contributed by atoms with Crippen LogP contribution in [0.25, 0.3) is 0 Å². The lowest BCUT2D eigenvalue weighted by atomic mass is 9.94. The van der Waals surface area contributed by atoms with Gasteiger partial charge in [0.2, 0.25) is 5.91 Å². The molecule has 108 valence electrons. The number of rotatable bonds is 6. The summed E-state index contributed by atoms with van der Waals surface area (Å²) in [7, 11) is 1.32. The van der Waals surface area contributed by atoms with Gasteiger partial charge < -0.3 is 15.8 Å². The van der Waals surface area contributed by atoms with Gasteiger partial charge in [0.1, 0.15) is 5.54 Å². The van der Waals surface area contributed by atoms with Crippen molar-refractivity contribution in [2.45, 2.75) is 52.1 Å². The molecule has 1 amide bonds. The largest absolute Gasteiger partial charge is 0.467 e. The highest BCUT2D eigenvalue weighted by Crippen LogP contribution is 2.15. The number of amides is 1. The molecule has 0 saturated heterocycles. The van der Waals surface area contributed by atoms with Gasteiger partial charge in [-0.1, -0.05) is 20.3 Å². The van der Waals surface area contributed by atoms with Crippen LogP contribution >= 0.6 is 12.4 Å². The maximum absolute atomic E-state index is 11.9. The van der Waals surface area contributed by atoms with E-state index in [0.29, 0.717) is 6.42 Å². The summed E-state index contributed by atoms with van der Waals surface area (Å²) in [6, 6.07) is -0.251. The molecule has 0 bridgehead atoms. The first-order valence-electron chi connectivity index (χ1n) is 5.94. The summed E-state index contributed by atoms with van der Waals surface area (Å²) >= 11 is 0. The van der Waals surface area contributed by atoms with Gasteiger partial charge in [0.05, 0.1) is 7.11 Å². The van der Waals surface area contributed by atoms with Crippen LogP contribution in [-0.4, -0.2) is 30.6 Å². The smallest absolute Gasteiger partial charge is 0.331 e. The van der Waals surface area contributed by atoms with E-state index in [0.717, 1.165) is 6.42 Å². The van der Waals surface area contributed by atoms with Crippen LogP contribution in [0.15, 0.2) is 0 Å². The number of methoxy groups -OCH3 is 1. The quantitative estimate of drug-likeness (QED) is 0.717. The normalized spacial score (nSPS) is 16.8. The molecule has 0 spiro atoms. The van der Waals surface area contributed by atoms with E-state index < -0.39 is 11.5 Å². The van der Waals surface area contributed by atoms with Crippen molar-refractivity contribution in [2.24, 2.45) is 11.7 Å². The third-order valence-corrected chi connectivity index (χ3v) is 2.99. The molecule has 0 radical (unpaired) electrons. The summed E-state index contributed by atoms with van der Waals surface area (Å²) in [6.07, 6.45) is 1.32. The SMILES string of the molecule is CCCC(C)(NC(=O)C(C)C(C)N)C(=O)OC.Cl. The molecule has 3 unspecified atom stereocenters. The van der Waals surface area contributed by atoms with E-state index in [2.05, 4.69) is 5.32 Å². The second-order valence-electron chi connectivity index (χ2n) is 4.71. The number of ether oxygens (including phenoxy) is 1. The van der Waals surface area contributed by atoms with Crippen molar-refractivity contribution in [1.29, 1.82) is 0 Å². The lowest BCUT2D eigenvalue weighted by Gasteiger charge is -2.29. The third kappa shape index (κ3) is 5.23. The Hall–Kier alpha value is -0.810. The third-order valence-electron chi connectivity index (χ3n) is 2.99. The first kappa shape index (κ1) is 19.5. The molecule has 6 heteroatoms. The van der Waals surface area contributed by atoms with Gasteiger partial charge in [-0.2, -0.15) is 0 Å². The molecule has 0 aromatic rings. The van der Waals surface area contributed by atoms with E-state index in [1.165, 1.54) is 7.11 Å². The Bertz CT molecular complexity index is 284. The van der Waals surface area contributed by atoms with Crippen molar-refractivity contribution in [3.05, 3.63) is 0 Å². The number of nitrogens with two attached hydrogens (primary N) is 1. The molecule has 0 fully saturated rings. The Morgan fingerprint density at radius 2 is 1.89 bits per heavy atom. The van der Waals surface area contributed by atoms with Gasteiger partial charge in [0, 0.05) is 12.0 Å². The molecule has 0 saturated carbocycles. The van der Waals surface area contributed by atoms with Crippen LogP contribution in [-0.2, 0) is 14.3 Å². The highest BCUT2D eigenvalue weighted by Gasteiger charge is 2.36. The number of carbonyl (C=O) groups is 2. The minimum Gasteiger partial charge on any atom is -0.467 e. The maximum atomic E-state index is 11.9. The van der Waals surface area contributed by atoms with E-state index in [1.54, 1.807) is 20.8 Å². The minimum absolute atomic E-state index is 0. The van der Waals surface area contributed by atoms with Crippen LogP contribution in [0.3, 0.4) is 0 Å². The molecule has 0 aromatic carbocycles. The van der Waals surface area contributed by atoms with Crippen LogP contribution in [0, 0.1) is 5.92 Å². The molecule has 0 heterocycles. The summed E-state index contributed by atoms with van der Waals surface area (Å²) in [6.45, 7) is 7.12. The van der Waals surface area contributed by atoms with Crippen LogP contribution < -0.4 is 11.1 Å². The zero-order chi connectivity index (χ0) is 13.6. The zero-order valence-corrected chi connectivity index (χ0v) is 12.6. The lowest BCUT2D eigenvalue weighted by Crippen LogP contribution is -2.55. The Balaban J connectivity index is 0. The highest BCUT2D eigenvalue weighted by molar-refractivity contribution is 5.88. The number of nitrogens with one attached hydrogen (secondary N) is 1. The molecule has 0 aliphatic carbocycles. The second kappa shape index (κ2) is 8.32. The first-order chi connectivity index (χ1) is 7.78. The molecule has 3 atom stereocenters. The van der Waals surface area contributed by atoms with Crippen molar-refractivity contribution in [2.75, 3.05) is 7.11 Å². The van der Waals surface area contributed by atoms with Gasteiger partial charge in [-0.15, -0.1) is 12.4 Å². The van der Waals surface area contributed by atoms with E-state index >= 15 is 0 Å². The van der Waals surface area contributed by atoms with Crippen molar-refractivity contribution in [3.63, 3.8) is 0 Å². The molecule has 0 aromatic heterocycles. The number of carbonyl (C=O) groups excluding carboxylic acids is 2. The topological polar surface area (TPSA) is 81.4 Å². The van der Waals surface area contributed by atoms with Gasteiger partial charge in [0.25, 0.3) is 0 Å². The van der Waals surface area contributed by atoms with Gasteiger partial charge in [-0.25, -0.2) is 4.79 Å². The Morgan fingerprint density at radius 3 is 2.22 bits per heavy atom. The first-order valence-corrected chi connectivity index (χ1v) is 5.94. The fourth-order valence-corrected chi connectivity index (χ4v) is 1.57. The Morgan fingerprint density at radius 1 is 1.39 bits per heavy atom. The van der Waals surface area contributed by atoms with Crippen molar-refractivity contribution in [3.8, 4) is 0 Å². The second-order valence-corrected chi connectivity index (χ2v) is 4.71. The minimum atomic E-state index is -0.969. The predicted octanol–water partition coefficient (Wildman–Crippen LogP) is 1.24. The summed E-state index contributed by atoms with van der Waals surface area (Å²) in [5.74, 6) is -0.984. The maximum Gasteiger partial charge on any atom is 0.331 e. The fraction of sp³-hybridized carbons (Fsp3) is 0.833. The number of esters is 1. The van der Waals surface area contributed by atoms with E-state index in [-0.39, 0.29) is 30.3 Å². The molecular weight excluding hydrogens is 256 g/mol. The molecular formula is C12H25ClN2O3. The van der Waals surface area contributed by atoms with Gasteiger partial charge in [-0.05, 0) is 20.3 Å². The van der Waals surface area contributed by atoms with Crippen molar-refractivity contribution < 1.29 is 14.3 Å². The van der Waals surface area contributed by atoms with E-state index in [4.69, 9.17) is 10.5 Å². The predicted molar refractivity (Wildman–Crippen MR) is 73.5 cm³/mol. The summed E-state index contributed by atoms with van der Waals surface area (Å²) in [5.41, 5.74) is 4.69. The Kier molecular flexibility index (Phi) is 9.03. The van der Waals surface area contributed by atoms with Crippen molar-refractivity contribution in [1.82, 2.24) is 5.32 Å². The molecule has 3 N–H and O–H groups in total. The van der Waals surface area contributed by atoms with Crippen molar-refractivity contribution >= 4 is 24.3 Å². The highest BCUT2D eigenvalue weighted by atomic mass is 35.5. The van der Waals surface area contributed by atoms with E-state index in [9.17, 15) is 9.59 Å². The van der Waals surface area contributed by atoms with Crippen LogP contribution in [0.2, 0.25) is 0 Å². The lowest BCUT2D eigenvalue weighted by molar-refractivity contribution is -0.151. The fourth-order valence-electron chi connectivity index (χ4n) is 1.57. The summed E-state index contributed by atoms with van der Waals surface area (Å²) < 4.78 is 4.72. The van der Waals surface area contributed by atoms with Gasteiger partial charge in [0.15, 0.2) is 0 Å². The average Bonchev–Trinajstić information content (AvgIpc) is 2.26. The summed E-state index contributed by atoms with van der Waals surface area (Å²) in [4.78, 5) is 23.6. The molecule has 0 rings (SSSR count). The van der Waals surface area contributed by atoms with Crippen LogP contribution in [0.4, 0.5) is 0 Å². The molecule has 5 nitrogen and oxygen atoms in total. The number of halogens is 1. The molecule has 0 aliphatic rings. The monoisotopic (exact) mass is 280 g/mol.